The molecule has 3 heteroatoms. The van der Waals surface area contributed by atoms with Gasteiger partial charge in [-0.05, 0) is 52.2 Å². The zero-order chi connectivity index (χ0) is 14.4. The van der Waals surface area contributed by atoms with Crippen molar-refractivity contribution in [3.05, 3.63) is 58.6 Å². The maximum Gasteiger partial charge on any atom is 0.0461 e. The second-order valence-corrected chi connectivity index (χ2v) is 5.82. The number of para-hydroxylation sites is 1. The summed E-state index contributed by atoms with van der Waals surface area (Å²) < 4.78 is 0.959. The summed E-state index contributed by atoms with van der Waals surface area (Å²) in [6.07, 6.45) is 2.40. The van der Waals surface area contributed by atoms with Gasteiger partial charge in [0.05, 0.1) is 0 Å². The summed E-state index contributed by atoms with van der Waals surface area (Å²) in [7, 11) is 0. The Bertz CT molecular complexity index is 540. The summed E-state index contributed by atoms with van der Waals surface area (Å²) in [5, 5.41) is 0. The van der Waals surface area contributed by atoms with E-state index in [0.717, 1.165) is 23.2 Å². The lowest BCUT2D eigenvalue weighted by atomic mass is 10.1. The molecule has 0 aromatic heterocycles. The normalized spacial score (nSPS) is 10.5. The van der Waals surface area contributed by atoms with Crippen LogP contribution < -0.4 is 10.6 Å². The standard InChI is InChI=1S/C17H21BrN2/c1-2-3-11-20(15-7-5-4-6-8-15)13-14-9-10-16(18)17(19)12-14/h4-10,12H,2-3,11,13,19H2,1H3. The van der Waals surface area contributed by atoms with Crippen molar-refractivity contribution in [3.8, 4) is 0 Å². The SMILES string of the molecule is CCCCN(Cc1ccc(Br)c(N)c1)c1ccccc1. The molecule has 0 heterocycles. The van der Waals surface area contributed by atoms with Crippen molar-refractivity contribution in [1.29, 1.82) is 0 Å². The molecule has 0 amide bonds. The van der Waals surface area contributed by atoms with Gasteiger partial charge in [0, 0.05) is 28.9 Å². The lowest BCUT2D eigenvalue weighted by Gasteiger charge is -2.25. The Morgan fingerprint density at radius 1 is 1.10 bits per heavy atom. The van der Waals surface area contributed by atoms with Crippen LogP contribution in [0, 0.1) is 0 Å². The van der Waals surface area contributed by atoms with Gasteiger partial charge in [0.1, 0.15) is 0 Å². The van der Waals surface area contributed by atoms with Crippen LogP contribution >= 0.6 is 15.9 Å². The van der Waals surface area contributed by atoms with Crippen molar-refractivity contribution in [1.82, 2.24) is 0 Å². The molecular weight excluding hydrogens is 312 g/mol. The molecule has 0 saturated carbocycles. The van der Waals surface area contributed by atoms with Gasteiger partial charge in [-0.3, -0.25) is 0 Å². The average molecular weight is 333 g/mol. The van der Waals surface area contributed by atoms with Gasteiger partial charge in [-0.2, -0.15) is 0 Å². The van der Waals surface area contributed by atoms with Crippen LogP contribution in [0.5, 0.6) is 0 Å². The zero-order valence-corrected chi connectivity index (χ0v) is 13.4. The first-order valence-electron chi connectivity index (χ1n) is 7.04. The summed E-state index contributed by atoms with van der Waals surface area (Å²) in [6, 6.07) is 16.8. The fourth-order valence-corrected chi connectivity index (χ4v) is 2.45. The molecule has 0 spiro atoms. The fraction of sp³-hybridized carbons (Fsp3) is 0.294. The number of rotatable bonds is 6. The van der Waals surface area contributed by atoms with E-state index in [0.29, 0.717) is 0 Å². The molecule has 0 saturated heterocycles. The molecule has 20 heavy (non-hydrogen) atoms. The van der Waals surface area contributed by atoms with Gasteiger partial charge < -0.3 is 10.6 Å². The van der Waals surface area contributed by atoms with Crippen LogP contribution in [0.4, 0.5) is 11.4 Å². The van der Waals surface area contributed by atoms with Crippen LogP contribution in [0.1, 0.15) is 25.3 Å². The molecule has 0 atom stereocenters. The molecule has 0 radical (unpaired) electrons. The largest absolute Gasteiger partial charge is 0.398 e. The van der Waals surface area contributed by atoms with Crippen molar-refractivity contribution in [3.63, 3.8) is 0 Å². The number of hydrogen-bond donors (Lipinski definition) is 1. The monoisotopic (exact) mass is 332 g/mol. The number of nitrogen functional groups attached to an aromatic ring is 1. The van der Waals surface area contributed by atoms with E-state index in [1.807, 2.05) is 12.1 Å². The highest BCUT2D eigenvalue weighted by Crippen LogP contribution is 2.23. The van der Waals surface area contributed by atoms with Crippen molar-refractivity contribution in [2.75, 3.05) is 17.2 Å². The quantitative estimate of drug-likeness (QED) is 0.767. The van der Waals surface area contributed by atoms with Crippen molar-refractivity contribution in [2.24, 2.45) is 0 Å². The molecular formula is C17H21BrN2. The molecule has 2 rings (SSSR count). The Morgan fingerprint density at radius 2 is 1.85 bits per heavy atom. The Kier molecular flexibility index (Phi) is 5.48. The third-order valence-corrected chi connectivity index (χ3v) is 4.06. The van der Waals surface area contributed by atoms with Crippen molar-refractivity contribution >= 4 is 27.3 Å². The Hall–Kier alpha value is -1.48. The highest BCUT2D eigenvalue weighted by Gasteiger charge is 2.07. The predicted octanol–water partition coefficient (Wildman–Crippen LogP) is 4.84. The molecule has 2 N–H and O–H groups in total. The van der Waals surface area contributed by atoms with E-state index in [2.05, 4.69) is 64.2 Å². The molecule has 0 bridgehead atoms. The lowest BCUT2D eigenvalue weighted by molar-refractivity contribution is 0.716. The molecule has 106 valence electrons. The summed E-state index contributed by atoms with van der Waals surface area (Å²) >= 11 is 3.44. The number of benzene rings is 2. The van der Waals surface area contributed by atoms with E-state index >= 15 is 0 Å². The van der Waals surface area contributed by atoms with Gasteiger partial charge in [-0.1, -0.05) is 37.6 Å². The topological polar surface area (TPSA) is 29.3 Å². The second kappa shape index (κ2) is 7.34. The molecule has 0 aliphatic carbocycles. The number of nitrogens with zero attached hydrogens (tertiary/aromatic N) is 1. The fourth-order valence-electron chi connectivity index (χ4n) is 2.20. The molecule has 2 aromatic carbocycles. The number of anilines is 2. The van der Waals surface area contributed by atoms with Crippen LogP contribution in [-0.2, 0) is 6.54 Å². The second-order valence-electron chi connectivity index (χ2n) is 4.97. The van der Waals surface area contributed by atoms with Gasteiger partial charge in [0.25, 0.3) is 0 Å². The average Bonchev–Trinajstić information content (AvgIpc) is 2.48. The third-order valence-electron chi connectivity index (χ3n) is 3.34. The van der Waals surface area contributed by atoms with Crippen LogP contribution in [0.25, 0.3) is 0 Å². The van der Waals surface area contributed by atoms with E-state index in [1.54, 1.807) is 0 Å². The number of halogens is 1. The maximum atomic E-state index is 5.97. The molecule has 0 aliphatic rings. The van der Waals surface area contributed by atoms with E-state index in [-0.39, 0.29) is 0 Å². The Labute approximate surface area is 129 Å². The first-order chi connectivity index (χ1) is 9.70. The predicted molar refractivity (Wildman–Crippen MR) is 91.0 cm³/mol. The van der Waals surface area contributed by atoms with E-state index in [1.165, 1.54) is 24.1 Å². The lowest BCUT2D eigenvalue weighted by Crippen LogP contribution is -2.23. The van der Waals surface area contributed by atoms with Crippen molar-refractivity contribution in [2.45, 2.75) is 26.3 Å². The summed E-state index contributed by atoms with van der Waals surface area (Å²) in [5.41, 5.74) is 9.27. The number of hydrogen-bond acceptors (Lipinski definition) is 2. The number of unbranched alkanes of at least 4 members (excludes halogenated alkanes) is 1. The summed E-state index contributed by atoms with van der Waals surface area (Å²) in [6.45, 7) is 4.18. The van der Waals surface area contributed by atoms with E-state index < -0.39 is 0 Å². The highest BCUT2D eigenvalue weighted by molar-refractivity contribution is 9.10. The van der Waals surface area contributed by atoms with Gasteiger partial charge in [0.15, 0.2) is 0 Å². The van der Waals surface area contributed by atoms with E-state index in [9.17, 15) is 0 Å². The van der Waals surface area contributed by atoms with Gasteiger partial charge in [-0.25, -0.2) is 0 Å². The molecule has 0 unspecified atom stereocenters. The Morgan fingerprint density at radius 3 is 2.50 bits per heavy atom. The minimum Gasteiger partial charge on any atom is -0.398 e. The highest BCUT2D eigenvalue weighted by atomic mass is 79.9. The number of nitrogens with two attached hydrogens (primary N) is 1. The summed E-state index contributed by atoms with van der Waals surface area (Å²) in [4.78, 5) is 2.41. The van der Waals surface area contributed by atoms with Crippen LogP contribution in [-0.4, -0.2) is 6.54 Å². The molecule has 2 nitrogen and oxygen atoms in total. The smallest absolute Gasteiger partial charge is 0.0461 e. The van der Waals surface area contributed by atoms with Crippen LogP contribution in [0.2, 0.25) is 0 Å². The minimum atomic E-state index is 0.797. The summed E-state index contributed by atoms with van der Waals surface area (Å²) in [5.74, 6) is 0. The third kappa shape index (κ3) is 4.01. The first kappa shape index (κ1) is 14.9. The van der Waals surface area contributed by atoms with Gasteiger partial charge >= 0.3 is 0 Å². The maximum absolute atomic E-state index is 5.97. The minimum absolute atomic E-state index is 0.797. The van der Waals surface area contributed by atoms with Gasteiger partial charge in [0.2, 0.25) is 0 Å². The first-order valence-corrected chi connectivity index (χ1v) is 7.84. The molecule has 0 fully saturated rings. The van der Waals surface area contributed by atoms with Crippen LogP contribution in [0.15, 0.2) is 53.0 Å². The van der Waals surface area contributed by atoms with Gasteiger partial charge in [-0.15, -0.1) is 0 Å². The molecule has 2 aromatic rings. The molecule has 0 aliphatic heterocycles. The van der Waals surface area contributed by atoms with Crippen molar-refractivity contribution < 1.29 is 0 Å². The zero-order valence-electron chi connectivity index (χ0n) is 11.8. The van der Waals surface area contributed by atoms with Crippen LogP contribution in [0.3, 0.4) is 0 Å². The van der Waals surface area contributed by atoms with E-state index in [4.69, 9.17) is 5.73 Å². The Balaban J connectivity index is 2.17.